The van der Waals surface area contributed by atoms with Gasteiger partial charge in [0, 0.05) is 0 Å². The van der Waals surface area contributed by atoms with Gasteiger partial charge in [0.15, 0.2) is 0 Å². The van der Waals surface area contributed by atoms with E-state index >= 15 is 0 Å². The third-order valence-corrected chi connectivity index (χ3v) is 4.84. The van der Waals surface area contributed by atoms with Crippen LogP contribution in [0.15, 0.2) is 42.5 Å². The molecule has 136 valence electrons. The Hall–Kier alpha value is -1.96. The number of phenols is 2. The molecule has 0 spiro atoms. The Bertz CT molecular complexity index is 616. The minimum Gasteiger partial charge on any atom is -0.508 e. The maximum Gasteiger partial charge on any atom is 0.115 e. The predicted octanol–water partition coefficient (Wildman–Crippen LogP) is 6.18. The Morgan fingerprint density at radius 2 is 1.20 bits per heavy atom. The molecule has 2 rings (SSSR count). The van der Waals surface area contributed by atoms with E-state index in [9.17, 15) is 10.2 Å². The number of unbranched alkanes of at least 4 members (excludes halogenated alkanes) is 5. The number of rotatable bonds is 11. The normalized spacial score (nSPS) is 10.9. The molecule has 0 amide bonds. The summed E-state index contributed by atoms with van der Waals surface area (Å²) in [6, 6.07) is 13.4. The van der Waals surface area contributed by atoms with Crippen LogP contribution in [0.5, 0.6) is 11.5 Å². The molecule has 0 heterocycles. The van der Waals surface area contributed by atoms with Gasteiger partial charge in [-0.3, -0.25) is 0 Å². The molecule has 25 heavy (non-hydrogen) atoms. The van der Waals surface area contributed by atoms with Gasteiger partial charge in [-0.15, -0.1) is 0 Å². The molecule has 2 nitrogen and oxygen atoms in total. The summed E-state index contributed by atoms with van der Waals surface area (Å²) >= 11 is 0. The summed E-state index contributed by atoms with van der Waals surface area (Å²) in [4.78, 5) is 0. The molecule has 2 aromatic carbocycles. The second kappa shape index (κ2) is 10.8. The van der Waals surface area contributed by atoms with Crippen LogP contribution in [-0.4, -0.2) is 10.2 Å². The average molecular weight is 341 g/mol. The highest BCUT2D eigenvalue weighted by atomic mass is 16.3. The SMILES string of the molecule is CCCCCCCc1cc(O)ccc1CCCCc1ccc(O)cc1. The van der Waals surface area contributed by atoms with Gasteiger partial charge in [-0.05, 0) is 79.5 Å². The minimum atomic E-state index is 0.330. The number of aryl methyl sites for hydroxylation is 3. The van der Waals surface area contributed by atoms with Crippen molar-refractivity contribution < 1.29 is 10.2 Å². The van der Waals surface area contributed by atoms with Crippen molar-refractivity contribution in [2.75, 3.05) is 0 Å². The number of phenolic OH excluding ortho intramolecular Hbond substituents is 2. The van der Waals surface area contributed by atoms with Crippen LogP contribution in [0.4, 0.5) is 0 Å². The van der Waals surface area contributed by atoms with Crippen LogP contribution < -0.4 is 0 Å². The van der Waals surface area contributed by atoms with Crippen molar-refractivity contribution in [3.63, 3.8) is 0 Å². The minimum absolute atomic E-state index is 0.330. The number of hydrogen-bond donors (Lipinski definition) is 2. The van der Waals surface area contributed by atoms with Crippen molar-refractivity contribution >= 4 is 0 Å². The van der Waals surface area contributed by atoms with Crippen LogP contribution in [0.1, 0.15) is 68.6 Å². The Labute approximate surface area is 152 Å². The van der Waals surface area contributed by atoms with Crippen LogP contribution in [0.3, 0.4) is 0 Å². The predicted molar refractivity (Wildman–Crippen MR) is 105 cm³/mol. The summed E-state index contributed by atoms with van der Waals surface area (Å²) in [5.41, 5.74) is 3.99. The van der Waals surface area contributed by atoms with Crippen molar-refractivity contribution in [1.29, 1.82) is 0 Å². The van der Waals surface area contributed by atoms with E-state index < -0.39 is 0 Å². The molecule has 0 saturated heterocycles. The van der Waals surface area contributed by atoms with E-state index in [0.717, 1.165) is 32.1 Å². The van der Waals surface area contributed by atoms with Gasteiger partial charge >= 0.3 is 0 Å². The molecule has 0 aliphatic heterocycles. The Balaban J connectivity index is 1.78. The van der Waals surface area contributed by atoms with E-state index in [1.165, 1.54) is 48.8 Å². The van der Waals surface area contributed by atoms with Gasteiger partial charge in [0.1, 0.15) is 11.5 Å². The highest BCUT2D eigenvalue weighted by Crippen LogP contribution is 2.22. The van der Waals surface area contributed by atoms with Gasteiger partial charge in [-0.25, -0.2) is 0 Å². The fourth-order valence-electron chi connectivity index (χ4n) is 3.32. The quantitative estimate of drug-likeness (QED) is 0.480. The van der Waals surface area contributed by atoms with E-state index in [1.54, 1.807) is 12.1 Å². The van der Waals surface area contributed by atoms with E-state index in [0.29, 0.717) is 11.5 Å². The van der Waals surface area contributed by atoms with Crippen molar-refractivity contribution in [2.24, 2.45) is 0 Å². The average Bonchev–Trinajstić information content (AvgIpc) is 2.61. The number of aromatic hydroxyl groups is 2. The second-order valence-corrected chi connectivity index (χ2v) is 6.99. The molecular weight excluding hydrogens is 308 g/mol. The molecule has 2 N–H and O–H groups in total. The summed E-state index contributed by atoms with van der Waals surface area (Å²) in [5.74, 6) is 0.716. The fraction of sp³-hybridized carbons (Fsp3) is 0.478. The largest absolute Gasteiger partial charge is 0.508 e. The zero-order valence-corrected chi connectivity index (χ0v) is 15.5. The third kappa shape index (κ3) is 7.21. The summed E-state index contributed by atoms with van der Waals surface area (Å²) in [7, 11) is 0. The maximum absolute atomic E-state index is 9.80. The smallest absolute Gasteiger partial charge is 0.115 e. The third-order valence-electron chi connectivity index (χ3n) is 4.84. The van der Waals surface area contributed by atoms with Gasteiger partial charge in [0.2, 0.25) is 0 Å². The Morgan fingerprint density at radius 1 is 0.600 bits per heavy atom. The highest BCUT2D eigenvalue weighted by molar-refractivity contribution is 5.35. The maximum atomic E-state index is 9.80. The van der Waals surface area contributed by atoms with E-state index in [4.69, 9.17) is 0 Å². The molecule has 0 bridgehead atoms. The first-order valence-corrected chi connectivity index (χ1v) is 9.77. The van der Waals surface area contributed by atoms with E-state index in [2.05, 4.69) is 13.0 Å². The van der Waals surface area contributed by atoms with E-state index in [1.807, 2.05) is 24.3 Å². The topological polar surface area (TPSA) is 40.5 Å². The first kappa shape index (κ1) is 19.4. The first-order chi connectivity index (χ1) is 12.2. The van der Waals surface area contributed by atoms with Crippen molar-refractivity contribution in [2.45, 2.75) is 71.1 Å². The molecule has 0 radical (unpaired) electrons. The van der Waals surface area contributed by atoms with Crippen LogP contribution in [-0.2, 0) is 19.3 Å². The lowest BCUT2D eigenvalue weighted by molar-refractivity contribution is 0.473. The molecule has 0 aromatic heterocycles. The highest BCUT2D eigenvalue weighted by Gasteiger charge is 2.05. The summed E-state index contributed by atoms with van der Waals surface area (Å²) < 4.78 is 0. The van der Waals surface area contributed by atoms with Gasteiger partial charge < -0.3 is 10.2 Å². The Kier molecular flexibility index (Phi) is 8.38. The molecule has 2 aromatic rings. The summed E-state index contributed by atoms with van der Waals surface area (Å²) in [6.45, 7) is 2.24. The second-order valence-electron chi connectivity index (χ2n) is 6.99. The number of benzene rings is 2. The first-order valence-electron chi connectivity index (χ1n) is 9.77. The molecule has 0 unspecified atom stereocenters. The molecule has 0 aliphatic rings. The van der Waals surface area contributed by atoms with Crippen molar-refractivity contribution in [1.82, 2.24) is 0 Å². The Morgan fingerprint density at radius 3 is 1.96 bits per heavy atom. The molecule has 0 saturated carbocycles. The van der Waals surface area contributed by atoms with Gasteiger partial charge in [0.25, 0.3) is 0 Å². The zero-order valence-electron chi connectivity index (χ0n) is 15.5. The standard InChI is InChI=1S/C23H32O2/c1-2-3-4-5-6-11-21-18-23(25)17-14-20(21)10-8-7-9-19-12-15-22(24)16-13-19/h12-18,24-25H,2-11H2,1H3. The molecule has 0 aliphatic carbocycles. The molecule has 0 fully saturated rings. The molecular formula is C23H32O2. The van der Waals surface area contributed by atoms with Crippen molar-refractivity contribution in [3.05, 3.63) is 59.2 Å². The monoisotopic (exact) mass is 340 g/mol. The summed E-state index contributed by atoms with van der Waals surface area (Å²) in [6.07, 6.45) is 11.9. The zero-order chi connectivity index (χ0) is 17.9. The van der Waals surface area contributed by atoms with Crippen molar-refractivity contribution in [3.8, 4) is 11.5 Å². The molecule has 2 heteroatoms. The van der Waals surface area contributed by atoms with Gasteiger partial charge in [-0.1, -0.05) is 50.8 Å². The van der Waals surface area contributed by atoms with Crippen LogP contribution in [0.25, 0.3) is 0 Å². The lowest BCUT2D eigenvalue weighted by Gasteiger charge is -2.11. The fourth-order valence-corrected chi connectivity index (χ4v) is 3.32. The van der Waals surface area contributed by atoms with Crippen LogP contribution in [0.2, 0.25) is 0 Å². The van der Waals surface area contributed by atoms with Gasteiger partial charge in [-0.2, -0.15) is 0 Å². The van der Waals surface area contributed by atoms with Gasteiger partial charge in [0.05, 0.1) is 0 Å². The van der Waals surface area contributed by atoms with E-state index in [-0.39, 0.29) is 0 Å². The molecule has 0 atom stereocenters. The van der Waals surface area contributed by atoms with Crippen LogP contribution >= 0.6 is 0 Å². The lowest BCUT2D eigenvalue weighted by atomic mass is 9.96. The summed E-state index contributed by atoms with van der Waals surface area (Å²) in [5, 5.41) is 19.1. The lowest BCUT2D eigenvalue weighted by Crippen LogP contribution is -1.96. The van der Waals surface area contributed by atoms with Crippen LogP contribution in [0, 0.1) is 0 Å². The number of hydrogen-bond acceptors (Lipinski definition) is 2.